The number of allylic oxidation sites excluding steroid dienone is 1. The number of ether oxygens (including phenoxy) is 3. The fourth-order valence-electron chi connectivity index (χ4n) is 1.96. The van der Waals surface area contributed by atoms with Gasteiger partial charge in [-0.1, -0.05) is 6.07 Å². The number of hydrogen-bond donors (Lipinski definition) is 0. The lowest BCUT2D eigenvalue weighted by Crippen LogP contribution is -2.00. The third-order valence-electron chi connectivity index (χ3n) is 3.04. The molecule has 0 atom stereocenters. The zero-order chi connectivity index (χ0) is 15.9. The van der Waals surface area contributed by atoms with E-state index >= 15 is 0 Å². The number of pyridine rings is 1. The molecule has 1 heterocycles. The van der Waals surface area contributed by atoms with E-state index in [9.17, 15) is 4.79 Å². The van der Waals surface area contributed by atoms with Crippen LogP contribution < -0.4 is 14.2 Å². The van der Waals surface area contributed by atoms with Gasteiger partial charge in [0.25, 0.3) is 0 Å². The minimum atomic E-state index is -0.176. The molecule has 5 nitrogen and oxygen atoms in total. The van der Waals surface area contributed by atoms with Crippen LogP contribution in [0.15, 0.2) is 42.6 Å². The predicted molar refractivity (Wildman–Crippen MR) is 83.7 cm³/mol. The van der Waals surface area contributed by atoms with Crippen molar-refractivity contribution in [1.29, 1.82) is 0 Å². The van der Waals surface area contributed by atoms with Crippen molar-refractivity contribution in [3.8, 4) is 17.2 Å². The Hall–Kier alpha value is -2.82. The molecule has 0 radical (unpaired) electrons. The summed E-state index contributed by atoms with van der Waals surface area (Å²) in [7, 11) is 4.54. The quantitative estimate of drug-likeness (QED) is 0.606. The van der Waals surface area contributed by atoms with Crippen molar-refractivity contribution in [2.75, 3.05) is 21.3 Å². The summed E-state index contributed by atoms with van der Waals surface area (Å²) in [5.74, 6) is 1.16. The van der Waals surface area contributed by atoms with Crippen LogP contribution in [0.4, 0.5) is 0 Å². The summed E-state index contributed by atoms with van der Waals surface area (Å²) >= 11 is 0. The summed E-state index contributed by atoms with van der Waals surface area (Å²) < 4.78 is 15.7. The first-order valence-electron chi connectivity index (χ1n) is 6.63. The number of carbonyl (C=O) groups is 1. The van der Waals surface area contributed by atoms with Gasteiger partial charge in [0.2, 0.25) is 5.75 Å². The molecule has 0 aliphatic rings. The number of hydrogen-bond acceptors (Lipinski definition) is 5. The SMILES string of the molecule is COc1cc(C(=O)C=Cc2ccccn2)cc(OC)c1OC. The molecule has 0 saturated carbocycles. The first-order chi connectivity index (χ1) is 10.7. The van der Waals surface area contributed by atoms with Gasteiger partial charge in [0, 0.05) is 11.8 Å². The highest BCUT2D eigenvalue weighted by molar-refractivity contribution is 6.07. The lowest BCUT2D eigenvalue weighted by molar-refractivity contribution is 0.104. The first-order valence-corrected chi connectivity index (χ1v) is 6.63. The van der Waals surface area contributed by atoms with E-state index in [0.717, 1.165) is 0 Å². The van der Waals surface area contributed by atoms with Gasteiger partial charge >= 0.3 is 0 Å². The first kappa shape index (κ1) is 15.6. The number of ketones is 1. The van der Waals surface area contributed by atoms with Gasteiger partial charge in [-0.2, -0.15) is 0 Å². The Labute approximate surface area is 129 Å². The fraction of sp³-hybridized carbons (Fsp3) is 0.176. The summed E-state index contributed by atoms with van der Waals surface area (Å²) in [4.78, 5) is 16.4. The Balaban J connectivity index is 2.32. The fourth-order valence-corrected chi connectivity index (χ4v) is 1.96. The van der Waals surface area contributed by atoms with Gasteiger partial charge in [0.05, 0.1) is 27.0 Å². The number of carbonyl (C=O) groups excluding carboxylic acids is 1. The molecule has 1 aromatic carbocycles. The second kappa shape index (κ2) is 7.26. The number of methoxy groups -OCH3 is 3. The molecule has 0 unspecified atom stereocenters. The van der Waals surface area contributed by atoms with Gasteiger partial charge in [-0.3, -0.25) is 9.78 Å². The van der Waals surface area contributed by atoms with E-state index in [1.54, 1.807) is 24.4 Å². The van der Waals surface area contributed by atoms with E-state index in [2.05, 4.69) is 4.98 Å². The van der Waals surface area contributed by atoms with E-state index in [0.29, 0.717) is 28.5 Å². The Morgan fingerprint density at radius 3 is 2.23 bits per heavy atom. The highest BCUT2D eigenvalue weighted by Crippen LogP contribution is 2.38. The summed E-state index contributed by atoms with van der Waals surface area (Å²) in [6.45, 7) is 0. The molecular weight excluding hydrogens is 282 g/mol. The van der Waals surface area contributed by atoms with Gasteiger partial charge < -0.3 is 14.2 Å². The van der Waals surface area contributed by atoms with Crippen LogP contribution in [-0.4, -0.2) is 32.1 Å². The van der Waals surface area contributed by atoms with E-state index < -0.39 is 0 Å². The molecule has 0 saturated heterocycles. The Bertz CT molecular complexity index is 655. The van der Waals surface area contributed by atoms with Crippen LogP contribution in [0.5, 0.6) is 17.2 Å². The standard InChI is InChI=1S/C17H17NO4/c1-20-15-10-12(11-16(21-2)17(15)22-3)14(19)8-7-13-6-4-5-9-18-13/h4-11H,1-3H3. The second-order valence-electron chi connectivity index (χ2n) is 4.37. The lowest BCUT2D eigenvalue weighted by atomic mass is 10.1. The molecule has 22 heavy (non-hydrogen) atoms. The monoisotopic (exact) mass is 299 g/mol. The maximum Gasteiger partial charge on any atom is 0.203 e. The van der Waals surface area contributed by atoms with Crippen molar-refractivity contribution in [3.63, 3.8) is 0 Å². The number of rotatable bonds is 6. The Morgan fingerprint density at radius 1 is 1.05 bits per heavy atom. The van der Waals surface area contributed by atoms with Crippen molar-refractivity contribution in [2.45, 2.75) is 0 Å². The van der Waals surface area contributed by atoms with Gasteiger partial charge in [-0.15, -0.1) is 0 Å². The summed E-state index contributed by atoms with van der Waals surface area (Å²) in [5.41, 5.74) is 1.16. The third-order valence-corrected chi connectivity index (χ3v) is 3.04. The largest absolute Gasteiger partial charge is 0.493 e. The Kier molecular flexibility index (Phi) is 5.14. The lowest BCUT2D eigenvalue weighted by Gasteiger charge is -2.13. The summed E-state index contributed by atoms with van der Waals surface area (Å²) in [6.07, 6.45) is 4.79. The normalized spacial score (nSPS) is 10.5. The smallest absolute Gasteiger partial charge is 0.203 e. The van der Waals surface area contributed by atoms with Crippen LogP contribution in [0.1, 0.15) is 16.1 Å². The molecule has 0 spiro atoms. The van der Waals surface area contributed by atoms with Crippen LogP contribution in [-0.2, 0) is 0 Å². The number of aromatic nitrogens is 1. The highest BCUT2D eigenvalue weighted by atomic mass is 16.5. The average molecular weight is 299 g/mol. The van der Waals surface area contributed by atoms with E-state index in [1.165, 1.54) is 27.4 Å². The minimum absolute atomic E-state index is 0.176. The van der Waals surface area contributed by atoms with Gasteiger partial charge in [0.1, 0.15) is 0 Å². The van der Waals surface area contributed by atoms with Crippen LogP contribution in [0, 0.1) is 0 Å². The van der Waals surface area contributed by atoms with Crippen LogP contribution in [0.2, 0.25) is 0 Å². The molecule has 0 fully saturated rings. The van der Waals surface area contributed by atoms with Gasteiger partial charge in [-0.25, -0.2) is 0 Å². The maximum atomic E-state index is 12.3. The molecule has 5 heteroatoms. The Morgan fingerprint density at radius 2 is 1.73 bits per heavy atom. The molecule has 0 amide bonds. The molecule has 114 valence electrons. The summed E-state index contributed by atoms with van der Waals surface area (Å²) in [6, 6.07) is 8.73. The molecule has 0 aliphatic carbocycles. The zero-order valence-electron chi connectivity index (χ0n) is 12.7. The summed E-state index contributed by atoms with van der Waals surface area (Å²) in [5, 5.41) is 0. The molecule has 2 aromatic rings. The predicted octanol–water partition coefficient (Wildman–Crippen LogP) is 3.00. The molecule has 0 bridgehead atoms. The number of nitrogens with zero attached hydrogens (tertiary/aromatic N) is 1. The van der Waals surface area contributed by atoms with Crippen molar-refractivity contribution >= 4 is 11.9 Å². The maximum absolute atomic E-state index is 12.3. The van der Waals surface area contributed by atoms with Crippen LogP contribution in [0.25, 0.3) is 6.08 Å². The van der Waals surface area contributed by atoms with Crippen molar-refractivity contribution in [2.24, 2.45) is 0 Å². The molecule has 1 aromatic heterocycles. The van der Waals surface area contributed by atoms with Crippen molar-refractivity contribution in [1.82, 2.24) is 4.98 Å². The van der Waals surface area contributed by atoms with E-state index in [1.807, 2.05) is 18.2 Å². The molecule has 2 rings (SSSR count). The highest BCUT2D eigenvalue weighted by Gasteiger charge is 2.15. The zero-order valence-corrected chi connectivity index (χ0v) is 12.7. The molecular formula is C17H17NO4. The van der Waals surface area contributed by atoms with E-state index in [4.69, 9.17) is 14.2 Å². The van der Waals surface area contributed by atoms with Gasteiger partial charge in [-0.05, 0) is 36.4 Å². The van der Waals surface area contributed by atoms with Crippen LogP contribution >= 0.6 is 0 Å². The average Bonchev–Trinajstić information content (AvgIpc) is 2.59. The van der Waals surface area contributed by atoms with E-state index in [-0.39, 0.29) is 5.78 Å². The molecule has 0 N–H and O–H groups in total. The second-order valence-corrected chi connectivity index (χ2v) is 4.37. The topological polar surface area (TPSA) is 57.7 Å². The molecule has 0 aliphatic heterocycles. The van der Waals surface area contributed by atoms with Crippen LogP contribution in [0.3, 0.4) is 0 Å². The van der Waals surface area contributed by atoms with Crippen molar-refractivity contribution in [3.05, 3.63) is 53.9 Å². The number of benzene rings is 1. The minimum Gasteiger partial charge on any atom is -0.493 e. The third kappa shape index (κ3) is 3.44. The van der Waals surface area contributed by atoms with Gasteiger partial charge in [0.15, 0.2) is 17.3 Å². The van der Waals surface area contributed by atoms with Crippen molar-refractivity contribution < 1.29 is 19.0 Å².